The Morgan fingerprint density at radius 1 is 1.14 bits per heavy atom. The topological polar surface area (TPSA) is 72.6 Å². The van der Waals surface area contributed by atoms with Gasteiger partial charge in [0.1, 0.15) is 11.5 Å². The first-order valence-electron chi connectivity index (χ1n) is 9.49. The molecule has 0 saturated carbocycles. The second-order valence-corrected chi connectivity index (χ2v) is 6.80. The monoisotopic (exact) mass is 379 g/mol. The average molecular weight is 379 g/mol. The molecule has 0 atom stereocenters. The van der Waals surface area contributed by atoms with E-state index in [4.69, 9.17) is 19.1 Å². The number of aryl methyl sites for hydroxylation is 3. The molecule has 0 radical (unpaired) electrons. The zero-order valence-electron chi connectivity index (χ0n) is 16.3. The molecule has 2 aromatic carbocycles. The molecular formula is C23H25NO4. The second-order valence-electron chi connectivity index (χ2n) is 6.80. The van der Waals surface area contributed by atoms with Crippen LogP contribution in [0.4, 0.5) is 0 Å². The van der Waals surface area contributed by atoms with E-state index < -0.39 is 5.97 Å². The molecule has 0 spiro atoms. The van der Waals surface area contributed by atoms with Gasteiger partial charge in [0.25, 0.3) is 5.97 Å². The molecular weight excluding hydrogens is 354 g/mol. The predicted octanol–water partition coefficient (Wildman–Crippen LogP) is 4.85. The van der Waals surface area contributed by atoms with Gasteiger partial charge in [0.05, 0.1) is 12.3 Å². The molecule has 0 aliphatic heterocycles. The van der Waals surface area contributed by atoms with Gasteiger partial charge in [-0.2, -0.15) is 0 Å². The molecule has 1 aliphatic carbocycles. The van der Waals surface area contributed by atoms with Crippen molar-refractivity contribution in [2.24, 2.45) is 0 Å². The lowest BCUT2D eigenvalue weighted by atomic mass is 10.1. The van der Waals surface area contributed by atoms with Crippen molar-refractivity contribution in [1.29, 1.82) is 0 Å². The highest BCUT2D eigenvalue weighted by Gasteiger charge is 2.13. The lowest BCUT2D eigenvalue weighted by molar-refractivity contribution is -0.134. The Hall–Kier alpha value is -3.08. The highest BCUT2D eigenvalue weighted by Crippen LogP contribution is 2.26. The van der Waals surface area contributed by atoms with Crippen LogP contribution < -0.4 is 4.74 Å². The lowest BCUT2D eigenvalue weighted by Gasteiger charge is -2.07. The minimum atomic E-state index is -0.833. The summed E-state index contributed by atoms with van der Waals surface area (Å²) in [5, 5.41) is 7.42. The normalized spacial score (nSPS) is 12.1. The molecule has 0 bridgehead atoms. The highest BCUT2D eigenvalue weighted by atomic mass is 16.5. The molecule has 1 N–H and O–H groups in total. The minimum absolute atomic E-state index is 0.600. The summed E-state index contributed by atoms with van der Waals surface area (Å²) in [6.45, 7) is 3.67. The van der Waals surface area contributed by atoms with Gasteiger partial charge in [-0.15, -0.1) is 0 Å². The Morgan fingerprint density at radius 3 is 2.61 bits per heavy atom. The van der Waals surface area contributed by atoms with Crippen molar-refractivity contribution >= 4 is 5.97 Å². The van der Waals surface area contributed by atoms with E-state index in [1.807, 2.05) is 37.3 Å². The van der Waals surface area contributed by atoms with E-state index in [0.717, 1.165) is 36.1 Å². The Bertz CT molecular complexity index is 927. The van der Waals surface area contributed by atoms with Gasteiger partial charge >= 0.3 is 0 Å². The van der Waals surface area contributed by atoms with E-state index in [9.17, 15) is 0 Å². The number of carbonyl (C=O) groups is 1. The van der Waals surface area contributed by atoms with Crippen LogP contribution in [0.1, 0.15) is 35.9 Å². The van der Waals surface area contributed by atoms with E-state index in [1.54, 1.807) is 0 Å². The van der Waals surface area contributed by atoms with Crippen molar-refractivity contribution in [2.75, 3.05) is 6.61 Å². The fraction of sp³-hybridized carbons (Fsp3) is 0.304. The van der Waals surface area contributed by atoms with Crippen molar-refractivity contribution < 1.29 is 19.1 Å². The van der Waals surface area contributed by atoms with Crippen LogP contribution in [0.3, 0.4) is 0 Å². The predicted molar refractivity (Wildman–Crippen MR) is 108 cm³/mol. The molecule has 28 heavy (non-hydrogen) atoms. The second kappa shape index (κ2) is 9.22. The average Bonchev–Trinajstić information content (AvgIpc) is 3.28. The minimum Gasteiger partial charge on any atom is -0.493 e. The standard InChI is InChI=1S/C21H21NO2.C2H4O2/c1-15-20(24-21(22-15)17-6-3-2-4-7-17)12-13-23-19-11-10-16-8-5-9-18(16)14-19;1-2(3)4/h2-4,6-7,10-11,14H,5,8-9,12-13H2,1H3;1H3,(H,3,4). The van der Waals surface area contributed by atoms with E-state index in [-0.39, 0.29) is 0 Å². The number of fused-ring (bicyclic) bond motifs is 1. The van der Waals surface area contributed by atoms with Gasteiger partial charge < -0.3 is 14.3 Å². The van der Waals surface area contributed by atoms with Crippen LogP contribution in [0.2, 0.25) is 0 Å². The zero-order valence-corrected chi connectivity index (χ0v) is 16.3. The molecule has 0 saturated heterocycles. The number of aliphatic carboxylic acids is 1. The van der Waals surface area contributed by atoms with Crippen LogP contribution in [-0.4, -0.2) is 22.7 Å². The number of carboxylic acid groups (broad SMARTS) is 1. The molecule has 0 unspecified atom stereocenters. The van der Waals surface area contributed by atoms with Crippen molar-refractivity contribution in [2.45, 2.75) is 39.5 Å². The van der Waals surface area contributed by atoms with Crippen LogP contribution in [0, 0.1) is 6.92 Å². The summed E-state index contributed by atoms with van der Waals surface area (Å²) in [6, 6.07) is 16.5. The van der Waals surface area contributed by atoms with Gasteiger partial charge in [-0.25, -0.2) is 4.98 Å². The molecule has 1 aromatic heterocycles. The molecule has 5 nitrogen and oxygen atoms in total. The fourth-order valence-corrected chi connectivity index (χ4v) is 3.26. The number of rotatable bonds is 5. The van der Waals surface area contributed by atoms with Crippen molar-refractivity contribution in [3.05, 3.63) is 71.1 Å². The Labute approximate surface area is 165 Å². The van der Waals surface area contributed by atoms with E-state index in [2.05, 4.69) is 23.2 Å². The van der Waals surface area contributed by atoms with Crippen LogP contribution in [0.15, 0.2) is 52.9 Å². The van der Waals surface area contributed by atoms with E-state index >= 15 is 0 Å². The van der Waals surface area contributed by atoms with Gasteiger partial charge in [0, 0.05) is 18.9 Å². The largest absolute Gasteiger partial charge is 0.493 e. The number of carboxylic acids is 1. The summed E-state index contributed by atoms with van der Waals surface area (Å²) in [5.41, 5.74) is 4.86. The SMILES string of the molecule is CC(=O)O.Cc1nc(-c2ccccc2)oc1CCOc1ccc2c(c1)CCC2. The number of benzene rings is 2. The van der Waals surface area contributed by atoms with Gasteiger partial charge in [0.2, 0.25) is 5.89 Å². The lowest BCUT2D eigenvalue weighted by Crippen LogP contribution is -2.02. The van der Waals surface area contributed by atoms with Crippen molar-refractivity contribution in [1.82, 2.24) is 4.98 Å². The number of hydrogen-bond donors (Lipinski definition) is 1. The number of hydrogen-bond acceptors (Lipinski definition) is 4. The van der Waals surface area contributed by atoms with Crippen LogP contribution in [0.25, 0.3) is 11.5 Å². The Balaban J connectivity index is 0.000000516. The van der Waals surface area contributed by atoms with Crippen LogP contribution in [-0.2, 0) is 24.1 Å². The summed E-state index contributed by atoms with van der Waals surface area (Å²) < 4.78 is 11.8. The molecule has 4 rings (SSSR count). The molecule has 1 aliphatic rings. The number of oxazole rings is 1. The molecule has 1 heterocycles. The fourth-order valence-electron chi connectivity index (χ4n) is 3.26. The number of nitrogens with zero attached hydrogens (tertiary/aromatic N) is 1. The zero-order chi connectivity index (χ0) is 19.9. The molecule has 0 amide bonds. The van der Waals surface area contributed by atoms with Crippen molar-refractivity contribution in [3.8, 4) is 17.2 Å². The molecule has 5 heteroatoms. The first kappa shape index (κ1) is 19.7. The van der Waals surface area contributed by atoms with Gasteiger partial charge in [-0.3, -0.25) is 4.79 Å². The number of aromatic nitrogens is 1. The van der Waals surface area contributed by atoms with E-state index in [0.29, 0.717) is 12.5 Å². The number of ether oxygens (including phenoxy) is 1. The first-order valence-corrected chi connectivity index (χ1v) is 9.49. The maximum Gasteiger partial charge on any atom is 0.300 e. The summed E-state index contributed by atoms with van der Waals surface area (Å²) in [5.74, 6) is 1.70. The van der Waals surface area contributed by atoms with Gasteiger partial charge in [-0.1, -0.05) is 24.3 Å². The van der Waals surface area contributed by atoms with E-state index in [1.165, 1.54) is 30.4 Å². The maximum absolute atomic E-state index is 9.00. The summed E-state index contributed by atoms with van der Waals surface area (Å²) >= 11 is 0. The van der Waals surface area contributed by atoms with Gasteiger partial charge in [-0.05, 0) is 61.6 Å². The van der Waals surface area contributed by atoms with Crippen LogP contribution in [0.5, 0.6) is 5.75 Å². The third-order valence-electron chi connectivity index (χ3n) is 4.58. The molecule has 3 aromatic rings. The van der Waals surface area contributed by atoms with Gasteiger partial charge in [0.15, 0.2) is 0 Å². The summed E-state index contributed by atoms with van der Waals surface area (Å²) in [6.07, 6.45) is 4.37. The Kier molecular flexibility index (Phi) is 6.48. The Morgan fingerprint density at radius 2 is 1.86 bits per heavy atom. The van der Waals surface area contributed by atoms with Crippen LogP contribution >= 0.6 is 0 Å². The maximum atomic E-state index is 9.00. The smallest absolute Gasteiger partial charge is 0.300 e. The highest BCUT2D eigenvalue weighted by molar-refractivity contribution is 5.63. The quantitative estimate of drug-likeness (QED) is 0.686. The third-order valence-corrected chi connectivity index (χ3v) is 4.58. The summed E-state index contributed by atoms with van der Waals surface area (Å²) in [7, 11) is 0. The molecule has 0 fully saturated rings. The van der Waals surface area contributed by atoms with Crippen molar-refractivity contribution in [3.63, 3.8) is 0 Å². The third kappa shape index (κ3) is 5.22. The first-order chi connectivity index (χ1) is 13.5. The molecule has 146 valence electrons. The summed E-state index contributed by atoms with van der Waals surface area (Å²) in [4.78, 5) is 13.5.